The summed E-state index contributed by atoms with van der Waals surface area (Å²) in [5.74, 6) is -1.05. The molecule has 0 bridgehead atoms. The first-order valence-corrected chi connectivity index (χ1v) is 14.0. The molecule has 0 saturated carbocycles. The normalized spacial score (nSPS) is 16.4. The molecule has 0 aliphatic carbocycles. The van der Waals surface area contributed by atoms with Crippen molar-refractivity contribution in [3.05, 3.63) is 76.2 Å². The van der Waals surface area contributed by atoms with Crippen molar-refractivity contribution in [1.82, 2.24) is 25.1 Å². The molecule has 1 saturated heterocycles. The highest BCUT2D eigenvalue weighted by Gasteiger charge is 2.45. The predicted octanol–water partition coefficient (Wildman–Crippen LogP) is 4.82. The summed E-state index contributed by atoms with van der Waals surface area (Å²) in [6.07, 6.45) is 0. The van der Waals surface area contributed by atoms with E-state index >= 15 is 4.39 Å². The van der Waals surface area contributed by atoms with Crippen molar-refractivity contribution >= 4 is 28.3 Å². The van der Waals surface area contributed by atoms with E-state index in [0.717, 1.165) is 11.3 Å². The molecule has 210 valence electrons. The van der Waals surface area contributed by atoms with Gasteiger partial charge in [0, 0.05) is 41.4 Å². The molecule has 5 heterocycles. The molecular weight excluding hydrogens is 547 g/mol. The number of ether oxygens (including phenoxy) is 2. The fourth-order valence-corrected chi connectivity index (χ4v) is 5.64. The zero-order valence-corrected chi connectivity index (χ0v) is 23.5. The van der Waals surface area contributed by atoms with Crippen molar-refractivity contribution in [2.75, 3.05) is 31.6 Å². The van der Waals surface area contributed by atoms with Crippen LogP contribution in [0.25, 0.3) is 11.3 Å². The van der Waals surface area contributed by atoms with E-state index in [2.05, 4.69) is 20.5 Å². The third-order valence-corrected chi connectivity index (χ3v) is 8.02. The number of anilines is 1. The third-order valence-electron chi connectivity index (χ3n) is 7.41. The number of hydrogen-bond acceptors (Lipinski definition) is 9. The lowest BCUT2D eigenvalue weighted by Crippen LogP contribution is -2.41. The number of carbonyl (C=O) groups is 2. The first kappa shape index (κ1) is 26.9. The van der Waals surface area contributed by atoms with Crippen LogP contribution in [0.5, 0.6) is 11.8 Å². The number of aromatic nitrogens is 4. The van der Waals surface area contributed by atoms with Gasteiger partial charge in [-0.3, -0.25) is 9.59 Å². The Hall–Kier alpha value is -4.29. The fourth-order valence-electron chi connectivity index (χ4n) is 5.20. The van der Waals surface area contributed by atoms with Crippen LogP contribution in [0.3, 0.4) is 0 Å². The van der Waals surface area contributed by atoms with Crippen LogP contribution in [0.2, 0.25) is 0 Å². The minimum atomic E-state index is -0.966. The Morgan fingerprint density at radius 3 is 2.49 bits per heavy atom. The molecule has 0 radical (unpaired) electrons. The molecule has 2 amide bonds. The first-order chi connectivity index (χ1) is 19.7. The third kappa shape index (κ3) is 5.04. The summed E-state index contributed by atoms with van der Waals surface area (Å²) in [4.78, 5) is 37.2. The Labute approximate surface area is 239 Å². The predicted molar refractivity (Wildman–Crippen MR) is 150 cm³/mol. The maximum atomic E-state index is 15.2. The summed E-state index contributed by atoms with van der Waals surface area (Å²) in [5.41, 5.74) is 3.73. The van der Waals surface area contributed by atoms with E-state index in [9.17, 15) is 9.59 Å². The minimum Gasteiger partial charge on any atom is -0.420 e. The number of pyridine rings is 2. The number of carbonyl (C=O) groups excluding carboxylic acids is 2. The molecule has 4 aromatic rings. The number of nitrogens with zero attached hydrogens (tertiary/aromatic N) is 5. The Morgan fingerprint density at radius 2 is 1.78 bits per heavy atom. The number of halogens is 1. The van der Waals surface area contributed by atoms with Crippen molar-refractivity contribution in [3.8, 4) is 23.0 Å². The molecule has 1 fully saturated rings. The Kier molecular flexibility index (Phi) is 6.96. The summed E-state index contributed by atoms with van der Waals surface area (Å²) in [5, 5.41) is 11.0. The lowest BCUT2D eigenvalue weighted by Gasteiger charge is -2.37. The van der Waals surface area contributed by atoms with Gasteiger partial charge in [-0.1, -0.05) is 43.4 Å². The van der Waals surface area contributed by atoms with E-state index in [1.54, 1.807) is 22.5 Å². The monoisotopic (exact) mass is 574 g/mol. The lowest BCUT2D eigenvalue weighted by molar-refractivity contribution is -0.124. The molecule has 41 heavy (non-hydrogen) atoms. The second-order valence-corrected chi connectivity index (χ2v) is 11.3. The highest BCUT2D eigenvalue weighted by atomic mass is 32.1. The minimum absolute atomic E-state index is 0.00159. The van der Waals surface area contributed by atoms with E-state index in [1.165, 1.54) is 23.5 Å². The first-order valence-electron chi connectivity index (χ1n) is 13.1. The van der Waals surface area contributed by atoms with E-state index in [4.69, 9.17) is 14.5 Å². The Balaban J connectivity index is 1.35. The second kappa shape index (κ2) is 10.6. The number of hydrogen-bond donors (Lipinski definition) is 1. The summed E-state index contributed by atoms with van der Waals surface area (Å²) < 4.78 is 26.6. The zero-order valence-electron chi connectivity index (χ0n) is 22.7. The van der Waals surface area contributed by atoms with E-state index in [0.29, 0.717) is 54.1 Å². The van der Waals surface area contributed by atoms with Crippen molar-refractivity contribution in [3.63, 3.8) is 0 Å². The Bertz CT molecular complexity index is 1640. The van der Waals surface area contributed by atoms with Crippen LogP contribution in [-0.2, 0) is 9.53 Å². The van der Waals surface area contributed by atoms with Gasteiger partial charge in [0.05, 0.1) is 29.9 Å². The van der Waals surface area contributed by atoms with Gasteiger partial charge in [-0.15, -0.1) is 10.2 Å². The standard InChI is InChI=1S/C29H27FN6O4S/c1-16-4-6-19-23(29(2,3)27(38)34-28-35-31-15-41-28)20-8-9-22(33-25(20)40-24(19)32-16)17-5-7-18(21(30)14-17)26(37)36-10-12-39-13-11-36/h4-9,14-15,23H,10-13H2,1-3H3,(H,34,35,38)/t23-/m0/s1. The molecule has 2 aliphatic heterocycles. The number of fused-ring (bicyclic) bond motifs is 2. The number of aryl methyl sites for hydroxylation is 1. The molecular formula is C29H27FN6O4S. The van der Waals surface area contributed by atoms with Crippen molar-refractivity contribution in [2.45, 2.75) is 26.7 Å². The summed E-state index contributed by atoms with van der Waals surface area (Å²) >= 11 is 1.24. The van der Waals surface area contributed by atoms with Crippen LogP contribution in [0.15, 0.2) is 48.0 Å². The molecule has 2 aliphatic rings. The van der Waals surface area contributed by atoms with Gasteiger partial charge in [0.1, 0.15) is 11.3 Å². The SMILES string of the molecule is Cc1ccc2c(n1)Oc1nc(-c3ccc(C(=O)N4CCOCC4)c(F)c3)ccc1[C@H]2C(C)(C)C(=O)Nc1nncs1. The van der Waals surface area contributed by atoms with Crippen LogP contribution in [-0.4, -0.2) is 63.2 Å². The topological polar surface area (TPSA) is 119 Å². The van der Waals surface area contributed by atoms with Gasteiger partial charge < -0.3 is 19.7 Å². The van der Waals surface area contributed by atoms with Crippen molar-refractivity contribution in [2.24, 2.45) is 5.41 Å². The number of amides is 2. The van der Waals surface area contributed by atoms with Crippen LogP contribution in [0.1, 0.15) is 46.9 Å². The lowest BCUT2D eigenvalue weighted by atomic mass is 9.70. The van der Waals surface area contributed by atoms with Crippen LogP contribution in [0.4, 0.5) is 9.52 Å². The molecule has 6 rings (SSSR count). The average molecular weight is 575 g/mol. The molecule has 0 unspecified atom stereocenters. The van der Waals surface area contributed by atoms with Crippen molar-refractivity contribution in [1.29, 1.82) is 0 Å². The molecule has 1 N–H and O–H groups in total. The van der Waals surface area contributed by atoms with Crippen LogP contribution >= 0.6 is 11.3 Å². The Morgan fingerprint density at radius 1 is 1.05 bits per heavy atom. The molecule has 3 aromatic heterocycles. The number of nitrogens with one attached hydrogen (secondary N) is 1. The van der Waals surface area contributed by atoms with E-state index in [-0.39, 0.29) is 23.3 Å². The molecule has 1 atom stereocenters. The van der Waals surface area contributed by atoms with E-state index < -0.39 is 17.2 Å². The van der Waals surface area contributed by atoms with Gasteiger partial charge >= 0.3 is 0 Å². The maximum Gasteiger partial charge on any atom is 0.256 e. The van der Waals surface area contributed by atoms with Gasteiger partial charge in [0.25, 0.3) is 5.91 Å². The van der Waals surface area contributed by atoms with Crippen molar-refractivity contribution < 1.29 is 23.5 Å². The quantitative estimate of drug-likeness (QED) is 0.361. The summed E-state index contributed by atoms with van der Waals surface area (Å²) in [6.45, 7) is 7.27. The molecule has 1 aromatic carbocycles. The average Bonchev–Trinajstić information content (AvgIpc) is 3.48. The smallest absolute Gasteiger partial charge is 0.256 e. The zero-order chi connectivity index (χ0) is 28.7. The molecule has 0 spiro atoms. The van der Waals surface area contributed by atoms with Gasteiger partial charge in [-0.2, -0.15) is 0 Å². The van der Waals surface area contributed by atoms with Crippen LogP contribution < -0.4 is 10.1 Å². The highest BCUT2D eigenvalue weighted by Crippen LogP contribution is 2.51. The van der Waals surface area contributed by atoms with Gasteiger partial charge in [-0.05, 0) is 31.2 Å². The molecule has 12 heteroatoms. The summed E-state index contributed by atoms with van der Waals surface area (Å²) in [7, 11) is 0. The summed E-state index contributed by atoms with van der Waals surface area (Å²) in [6, 6.07) is 11.9. The largest absolute Gasteiger partial charge is 0.420 e. The number of morpholine rings is 1. The van der Waals surface area contributed by atoms with Gasteiger partial charge in [-0.25, -0.2) is 14.4 Å². The van der Waals surface area contributed by atoms with Gasteiger partial charge in [0.2, 0.25) is 22.8 Å². The van der Waals surface area contributed by atoms with E-state index in [1.807, 2.05) is 39.0 Å². The van der Waals surface area contributed by atoms with Crippen LogP contribution in [0, 0.1) is 18.2 Å². The molecule has 10 nitrogen and oxygen atoms in total. The number of benzene rings is 1. The fraction of sp³-hybridized carbons (Fsp3) is 0.310. The van der Waals surface area contributed by atoms with Gasteiger partial charge in [0.15, 0.2) is 0 Å². The number of rotatable bonds is 5. The maximum absolute atomic E-state index is 15.2. The highest BCUT2D eigenvalue weighted by molar-refractivity contribution is 7.13. The second-order valence-electron chi connectivity index (χ2n) is 10.5.